The van der Waals surface area contributed by atoms with Crippen LogP contribution in [0, 0.1) is 11.8 Å². The first-order valence-electron chi connectivity index (χ1n) is 9.32. The first kappa shape index (κ1) is 17.7. The summed E-state index contributed by atoms with van der Waals surface area (Å²) in [6.45, 7) is 11.9. The van der Waals surface area contributed by atoms with Crippen LogP contribution >= 0.6 is 0 Å². The van der Waals surface area contributed by atoms with E-state index in [2.05, 4.69) is 34.6 Å². The first-order valence-corrected chi connectivity index (χ1v) is 9.32. The predicted octanol–water partition coefficient (Wildman–Crippen LogP) is 3.57. The highest BCUT2D eigenvalue weighted by molar-refractivity contribution is 5.19. The summed E-state index contributed by atoms with van der Waals surface area (Å²) in [5, 5.41) is 0. The van der Waals surface area contributed by atoms with Crippen LogP contribution in [0.4, 0.5) is 0 Å². The van der Waals surface area contributed by atoms with Crippen molar-refractivity contribution in [1.29, 1.82) is 0 Å². The Morgan fingerprint density at radius 3 is 2.43 bits per heavy atom. The van der Waals surface area contributed by atoms with E-state index in [9.17, 15) is 0 Å². The fourth-order valence-corrected chi connectivity index (χ4v) is 4.64. The molecule has 3 fully saturated rings. The number of ether oxygens (including phenoxy) is 4. The van der Waals surface area contributed by atoms with E-state index >= 15 is 0 Å². The van der Waals surface area contributed by atoms with E-state index in [1.807, 2.05) is 7.11 Å². The number of hydrogen-bond acceptors (Lipinski definition) is 4. The van der Waals surface area contributed by atoms with Gasteiger partial charge in [-0.2, -0.15) is 0 Å². The van der Waals surface area contributed by atoms with Crippen LogP contribution in [0.5, 0.6) is 0 Å². The Morgan fingerprint density at radius 2 is 1.91 bits per heavy atom. The van der Waals surface area contributed by atoms with Gasteiger partial charge >= 0.3 is 0 Å². The summed E-state index contributed by atoms with van der Waals surface area (Å²) in [6.07, 6.45) is 5.18. The number of methoxy groups -OCH3 is 1. The Labute approximate surface area is 141 Å². The molecule has 0 aromatic rings. The van der Waals surface area contributed by atoms with Crippen LogP contribution in [0.25, 0.3) is 0 Å². The van der Waals surface area contributed by atoms with E-state index in [0.717, 1.165) is 31.8 Å². The minimum atomic E-state index is -0.120. The Hall–Kier alpha value is -0.160. The maximum atomic E-state index is 6.24. The molecule has 0 aromatic heterocycles. The van der Waals surface area contributed by atoms with Gasteiger partial charge < -0.3 is 18.9 Å². The highest BCUT2D eigenvalue weighted by atomic mass is 16.6. The van der Waals surface area contributed by atoms with Gasteiger partial charge in [-0.05, 0) is 52.4 Å². The van der Waals surface area contributed by atoms with Gasteiger partial charge in [-0.25, -0.2) is 0 Å². The quantitative estimate of drug-likeness (QED) is 0.671. The lowest BCUT2D eigenvalue weighted by Gasteiger charge is -2.43. The molecular formula is C19H34O4. The average molecular weight is 326 g/mol. The molecule has 0 aromatic carbocycles. The Kier molecular flexibility index (Phi) is 4.83. The van der Waals surface area contributed by atoms with Crippen LogP contribution < -0.4 is 0 Å². The molecule has 0 amide bonds. The lowest BCUT2D eigenvalue weighted by atomic mass is 9.68. The monoisotopic (exact) mass is 326 g/mol. The molecule has 1 saturated carbocycles. The summed E-state index contributed by atoms with van der Waals surface area (Å²) in [7, 11) is 1.81. The predicted molar refractivity (Wildman–Crippen MR) is 89.6 cm³/mol. The van der Waals surface area contributed by atoms with E-state index in [0.29, 0.717) is 6.10 Å². The summed E-state index contributed by atoms with van der Waals surface area (Å²) < 4.78 is 24.3. The molecular weight excluding hydrogens is 292 g/mol. The normalized spacial score (nSPS) is 45.9. The lowest BCUT2D eigenvalue weighted by molar-refractivity contribution is -0.151. The Bertz CT molecular complexity index is 418. The van der Waals surface area contributed by atoms with Crippen molar-refractivity contribution in [2.75, 3.05) is 13.7 Å². The fourth-order valence-electron chi connectivity index (χ4n) is 4.64. The Balaban J connectivity index is 1.74. The van der Waals surface area contributed by atoms with Crippen molar-refractivity contribution in [3.63, 3.8) is 0 Å². The molecule has 3 aliphatic rings. The summed E-state index contributed by atoms with van der Waals surface area (Å²) >= 11 is 0. The second kappa shape index (κ2) is 6.29. The highest BCUT2D eigenvalue weighted by Gasteiger charge is 2.72. The summed E-state index contributed by atoms with van der Waals surface area (Å²) in [5.74, 6) is 0.992. The van der Waals surface area contributed by atoms with Crippen molar-refractivity contribution in [3.05, 3.63) is 0 Å². The van der Waals surface area contributed by atoms with Gasteiger partial charge in [0.1, 0.15) is 5.60 Å². The van der Waals surface area contributed by atoms with Crippen LogP contribution in [0.2, 0.25) is 0 Å². The minimum absolute atomic E-state index is 0.0289. The van der Waals surface area contributed by atoms with Crippen molar-refractivity contribution >= 4 is 0 Å². The van der Waals surface area contributed by atoms with Crippen molar-refractivity contribution < 1.29 is 18.9 Å². The van der Waals surface area contributed by atoms with E-state index < -0.39 is 0 Å². The van der Waals surface area contributed by atoms with E-state index in [4.69, 9.17) is 18.9 Å². The van der Waals surface area contributed by atoms with Gasteiger partial charge in [0.05, 0.1) is 42.5 Å². The summed E-state index contributed by atoms with van der Waals surface area (Å²) in [5.41, 5.74) is -0.149. The molecule has 23 heavy (non-hydrogen) atoms. The van der Waals surface area contributed by atoms with Gasteiger partial charge in [-0.3, -0.25) is 0 Å². The molecule has 0 bridgehead atoms. The number of hydrogen-bond donors (Lipinski definition) is 0. The van der Waals surface area contributed by atoms with Gasteiger partial charge in [0, 0.05) is 7.11 Å². The summed E-state index contributed by atoms with van der Waals surface area (Å²) in [4.78, 5) is 0. The topological polar surface area (TPSA) is 43.5 Å². The minimum Gasteiger partial charge on any atom is -0.378 e. The largest absolute Gasteiger partial charge is 0.378 e. The zero-order valence-corrected chi connectivity index (χ0v) is 15.6. The van der Waals surface area contributed by atoms with Crippen molar-refractivity contribution in [2.45, 2.75) is 95.9 Å². The standard InChI is InChI=1S/C19H34O4/c1-12(2)7-8-15-18(5,23-15)17-16(20-6)14(22-13(3)4)9-10-19(17)11-21-19/h12-17H,7-11H2,1-6H3/t14?,15-,16?,17?,18-,19+/m1/s1. The van der Waals surface area contributed by atoms with Crippen LogP contribution in [0.3, 0.4) is 0 Å². The van der Waals surface area contributed by atoms with Crippen LogP contribution in [0.1, 0.15) is 60.3 Å². The lowest BCUT2D eigenvalue weighted by Crippen LogP contribution is -2.55. The molecule has 134 valence electrons. The van der Waals surface area contributed by atoms with Crippen molar-refractivity contribution in [2.24, 2.45) is 11.8 Å². The molecule has 3 rings (SSSR count). The molecule has 3 unspecified atom stereocenters. The average Bonchev–Trinajstić information content (AvgIpc) is 3.37. The zero-order valence-electron chi connectivity index (χ0n) is 15.6. The van der Waals surface area contributed by atoms with Gasteiger partial charge in [0.25, 0.3) is 0 Å². The number of rotatable bonds is 7. The van der Waals surface area contributed by atoms with Crippen LogP contribution in [-0.2, 0) is 18.9 Å². The van der Waals surface area contributed by atoms with Gasteiger partial charge in [0.15, 0.2) is 0 Å². The van der Waals surface area contributed by atoms with Gasteiger partial charge in [-0.1, -0.05) is 13.8 Å². The smallest absolute Gasteiger partial charge is 0.100 e. The molecule has 0 N–H and O–H groups in total. The van der Waals surface area contributed by atoms with Crippen molar-refractivity contribution in [3.8, 4) is 0 Å². The maximum Gasteiger partial charge on any atom is 0.100 e. The van der Waals surface area contributed by atoms with E-state index in [1.165, 1.54) is 6.42 Å². The first-order chi connectivity index (χ1) is 10.8. The maximum absolute atomic E-state index is 6.24. The van der Waals surface area contributed by atoms with Gasteiger partial charge in [-0.15, -0.1) is 0 Å². The Morgan fingerprint density at radius 1 is 1.22 bits per heavy atom. The molecule has 2 aliphatic heterocycles. The van der Waals surface area contributed by atoms with E-state index in [-0.39, 0.29) is 35.4 Å². The third-order valence-corrected chi connectivity index (χ3v) is 5.95. The SMILES string of the molecule is COC1C(OC(C)C)CC[C@]2(CO2)C1[C@]1(C)O[C@@H]1CCC(C)C. The molecule has 2 saturated heterocycles. The molecule has 0 radical (unpaired) electrons. The van der Waals surface area contributed by atoms with Crippen LogP contribution in [0.15, 0.2) is 0 Å². The van der Waals surface area contributed by atoms with Crippen molar-refractivity contribution in [1.82, 2.24) is 0 Å². The molecule has 4 nitrogen and oxygen atoms in total. The second-order valence-corrected chi connectivity index (χ2v) is 8.55. The zero-order chi connectivity index (χ0) is 16.8. The highest BCUT2D eigenvalue weighted by Crippen LogP contribution is 2.59. The molecule has 2 heterocycles. The van der Waals surface area contributed by atoms with Gasteiger partial charge in [0.2, 0.25) is 0 Å². The number of epoxide rings is 2. The third-order valence-electron chi connectivity index (χ3n) is 5.95. The fraction of sp³-hybridized carbons (Fsp3) is 1.00. The third kappa shape index (κ3) is 3.33. The molecule has 4 heteroatoms. The summed E-state index contributed by atoms with van der Waals surface area (Å²) in [6, 6.07) is 0. The second-order valence-electron chi connectivity index (χ2n) is 8.55. The van der Waals surface area contributed by atoms with E-state index in [1.54, 1.807) is 0 Å². The van der Waals surface area contributed by atoms with Crippen LogP contribution in [-0.4, -0.2) is 49.3 Å². The molecule has 6 atom stereocenters. The molecule has 1 spiro atoms. The molecule has 1 aliphatic carbocycles.